The monoisotopic (exact) mass is 648 g/mol. The van der Waals surface area contributed by atoms with Gasteiger partial charge in [0.1, 0.15) is 5.75 Å². The molecule has 46 heavy (non-hydrogen) atoms. The largest absolute Gasteiger partial charge is 0.506 e. The first kappa shape index (κ1) is 33.8. The van der Waals surface area contributed by atoms with E-state index in [0.717, 1.165) is 11.1 Å². The number of sulfonamides is 1. The summed E-state index contributed by atoms with van der Waals surface area (Å²) in [5.74, 6) is -0.358. The Hall–Kier alpha value is -5.11. The minimum atomic E-state index is -3.94. The van der Waals surface area contributed by atoms with Crippen molar-refractivity contribution in [2.45, 2.75) is 23.3 Å². The average molecular weight is 649 g/mol. The molecule has 0 heterocycles. The third-order valence-electron chi connectivity index (χ3n) is 7.14. The van der Waals surface area contributed by atoms with Crippen LogP contribution in [-0.4, -0.2) is 58.1 Å². The number of aromatic hydroxyl groups is 1. The van der Waals surface area contributed by atoms with Crippen LogP contribution in [0, 0.1) is 0 Å². The number of carbonyl (C=O) groups excluding carboxylic acids is 2. The van der Waals surface area contributed by atoms with Crippen molar-refractivity contribution in [3.63, 3.8) is 0 Å². The van der Waals surface area contributed by atoms with Gasteiger partial charge in [-0.3, -0.25) is 15.4 Å². The quantitative estimate of drug-likeness (QED) is 0.0820. The molecule has 0 aliphatic heterocycles. The molecule has 1 atom stereocenters. The average Bonchev–Trinajstić information content (AvgIpc) is 3.07. The van der Waals surface area contributed by atoms with Crippen molar-refractivity contribution in [1.82, 2.24) is 5.32 Å². The van der Waals surface area contributed by atoms with Crippen molar-refractivity contribution >= 4 is 39.3 Å². The van der Waals surface area contributed by atoms with Gasteiger partial charge < -0.3 is 25.0 Å². The molecule has 12 nitrogen and oxygen atoms in total. The van der Waals surface area contributed by atoms with Gasteiger partial charge >= 0.3 is 12.2 Å². The first-order valence-corrected chi connectivity index (χ1v) is 15.8. The van der Waals surface area contributed by atoms with Gasteiger partial charge in [-0.05, 0) is 78.2 Å². The van der Waals surface area contributed by atoms with Crippen molar-refractivity contribution in [2.24, 2.45) is 0 Å². The number of aliphatic hydroxyl groups is 1. The molecule has 242 valence electrons. The number of benzene rings is 4. The van der Waals surface area contributed by atoms with E-state index in [1.54, 1.807) is 42.5 Å². The topological polar surface area (TPSA) is 175 Å². The van der Waals surface area contributed by atoms with Crippen molar-refractivity contribution in [3.8, 4) is 5.75 Å². The van der Waals surface area contributed by atoms with Crippen LogP contribution < -0.4 is 20.7 Å². The fourth-order valence-electron chi connectivity index (χ4n) is 4.71. The maximum Gasteiger partial charge on any atom is 0.411 e. The molecule has 0 saturated carbocycles. The van der Waals surface area contributed by atoms with E-state index in [-0.39, 0.29) is 28.8 Å². The van der Waals surface area contributed by atoms with E-state index in [9.17, 15) is 28.2 Å². The van der Waals surface area contributed by atoms with E-state index in [1.807, 2.05) is 24.3 Å². The van der Waals surface area contributed by atoms with Crippen molar-refractivity contribution < 1.29 is 37.7 Å². The number of amides is 2. The second kappa shape index (κ2) is 15.8. The predicted molar refractivity (Wildman–Crippen MR) is 175 cm³/mol. The van der Waals surface area contributed by atoms with Gasteiger partial charge in [0.15, 0.2) is 0 Å². The molecule has 2 amide bonds. The van der Waals surface area contributed by atoms with Gasteiger partial charge in [-0.25, -0.2) is 18.0 Å². The highest BCUT2D eigenvalue weighted by atomic mass is 32.2. The van der Waals surface area contributed by atoms with Crippen LogP contribution in [0.5, 0.6) is 5.75 Å². The summed E-state index contributed by atoms with van der Waals surface area (Å²) in [7, 11) is -1.37. The van der Waals surface area contributed by atoms with Crippen LogP contribution in [0.3, 0.4) is 0 Å². The first-order chi connectivity index (χ1) is 22.1. The molecular weight excluding hydrogens is 612 g/mol. The second-order valence-corrected chi connectivity index (χ2v) is 11.9. The van der Waals surface area contributed by atoms with E-state index in [0.29, 0.717) is 29.9 Å². The van der Waals surface area contributed by atoms with Crippen LogP contribution in [0.1, 0.15) is 35.1 Å². The number of nitrogens with one attached hydrogen (secondary N) is 4. The molecule has 13 heteroatoms. The molecule has 0 fully saturated rings. The fourth-order valence-corrected chi connectivity index (χ4v) is 5.80. The molecule has 0 spiro atoms. The van der Waals surface area contributed by atoms with E-state index in [2.05, 4.69) is 30.1 Å². The highest BCUT2D eigenvalue weighted by Gasteiger charge is 2.19. The molecular formula is C33H36N4O8S. The van der Waals surface area contributed by atoms with Gasteiger partial charge in [0, 0.05) is 23.8 Å². The van der Waals surface area contributed by atoms with Gasteiger partial charge in [-0.15, -0.1) is 0 Å². The number of carbonyl (C=O) groups is 2. The Morgan fingerprint density at radius 2 is 1.28 bits per heavy atom. The highest BCUT2D eigenvalue weighted by Crippen LogP contribution is 2.31. The summed E-state index contributed by atoms with van der Waals surface area (Å²) in [5, 5.41) is 29.7. The van der Waals surface area contributed by atoms with Gasteiger partial charge in [-0.2, -0.15) is 0 Å². The Balaban J connectivity index is 1.43. The highest BCUT2D eigenvalue weighted by molar-refractivity contribution is 7.92. The van der Waals surface area contributed by atoms with Crippen molar-refractivity contribution in [2.75, 3.05) is 42.7 Å². The maximum atomic E-state index is 12.8. The lowest BCUT2D eigenvalue weighted by Gasteiger charge is -2.20. The number of hydrogen-bond acceptors (Lipinski definition) is 9. The summed E-state index contributed by atoms with van der Waals surface area (Å²) >= 11 is 0. The molecule has 0 aliphatic rings. The zero-order valence-electron chi connectivity index (χ0n) is 25.3. The Kier molecular flexibility index (Phi) is 11.6. The number of phenolic OH excluding ortho intramolecular Hbond substituents is 1. The van der Waals surface area contributed by atoms with E-state index < -0.39 is 28.3 Å². The lowest BCUT2D eigenvalue weighted by atomic mass is 9.88. The third kappa shape index (κ3) is 9.20. The predicted octanol–water partition coefficient (Wildman–Crippen LogP) is 5.39. The number of rotatable bonds is 13. The van der Waals surface area contributed by atoms with Crippen molar-refractivity contribution in [3.05, 3.63) is 114 Å². The lowest BCUT2D eigenvalue weighted by Crippen LogP contribution is -2.24. The van der Waals surface area contributed by atoms with Crippen LogP contribution >= 0.6 is 0 Å². The molecule has 4 rings (SSSR count). The van der Waals surface area contributed by atoms with Crippen LogP contribution in [0.4, 0.5) is 26.7 Å². The number of aliphatic hydroxyl groups excluding tert-OH is 1. The number of methoxy groups -OCH3 is 2. The van der Waals surface area contributed by atoms with Crippen molar-refractivity contribution in [1.29, 1.82) is 0 Å². The Morgan fingerprint density at radius 3 is 1.80 bits per heavy atom. The summed E-state index contributed by atoms with van der Waals surface area (Å²) in [5.41, 5.74) is 3.46. The van der Waals surface area contributed by atoms with Crippen LogP contribution in [0.2, 0.25) is 0 Å². The van der Waals surface area contributed by atoms with E-state index in [4.69, 9.17) is 0 Å². The minimum Gasteiger partial charge on any atom is -0.506 e. The molecule has 0 saturated heterocycles. The summed E-state index contributed by atoms with van der Waals surface area (Å²) in [6.45, 7) is 0.657. The molecule has 4 aromatic carbocycles. The first-order valence-electron chi connectivity index (χ1n) is 14.3. The van der Waals surface area contributed by atoms with Crippen LogP contribution in [0.25, 0.3) is 0 Å². The smallest absolute Gasteiger partial charge is 0.411 e. The van der Waals surface area contributed by atoms with E-state index >= 15 is 0 Å². The van der Waals surface area contributed by atoms with Gasteiger partial charge in [-0.1, -0.05) is 48.5 Å². The summed E-state index contributed by atoms with van der Waals surface area (Å²) in [4.78, 5) is 23.2. The number of anilines is 3. The molecule has 4 aromatic rings. The third-order valence-corrected chi connectivity index (χ3v) is 8.52. The fraction of sp³-hybridized carbons (Fsp3) is 0.212. The lowest BCUT2D eigenvalue weighted by molar-refractivity contribution is 0.174. The summed E-state index contributed by atoms with van der Waals surface area (Å²) in [6.07, 6.45) is -1.52. The van der Waals surface area contributed by atoms with Gasteiger partial charge in [0.05, 0.1) is 30.9 Å². The Labute approximate surface area is 267 Å². The molecule has 0 unspecified atom stereocenters. The molecule has 0 aliphatic carbocycles. The zero-order chi connectivity index (χ0) is 33.1. The standard InChI is InChI=1S/C33H36N4O8S/c1-44-32(40)35-25-13-8-22(9-14-25)28(23-10-15-26(16-11-23)36-33(41)45-2)18-19-34-21-31(39)24-12-17-30(38)29(20-24)37-46(42,43)27-6-4-3-5-7-27/h3-17,20,28,31,34,37-39H,18-19,21H2,1-2H3,(H,35,40)(H,36,41)/t31-/m0/s1. The van der Waals surface area contributed by atoms with Crippen LogP contribution in [0.15, 0.2) is 102 Å². The molecule has 6 N–H and O–H groups in total. The number of ether oxygens (including phenoxy) is 2. The van der Waals surface area contributed by atoms with Crippen LogP contribution in [-0.2, 0) is 19.5 Å². The van der Waals surface area contributed by atoms with Gasteiger partial charge in [0.2, 0.25) is 0 Å². The molecule has 0 radical (unpaired) electrons. The molecule has 0 aromatic heterocycles. The number of hydrogen-bond donors (Lipinski definition) is 6. The number of phenols is 1. The van der Waals surface area contributed by atoms with Gasteiger partial charge in [0.25, 0.3) is 10.0 Å². The molecule has 0 bridgehead atoms. The summed E-state index contributed by atoms with van der Waals surface area (Å²) < 4.78 is 37.2. The summed E-state index contributed by atoms with van der Waals surface area (Å²) in [6, 6.07) is 26.7. The Bertz CT molecular complexity index is 1660. The Morgan fingerprint density at radius 1 is 0.761 bits per heavy atom. The zero-order valence-corrected chi connectivity index (χ0v) is 26.1. The normalized spacial score (nSPS) is 11.8. The second-order valence-electron chi connectivity index (χ2n) is 10.2. The SMILES string of the molecule is COC(=O)Nc1ccc(C(CCNC[C@H](O)c2ccc(O)c(NS(=O)(=O)c3ccccc3)c2)c2ccc(NC(=O)OC)cc2)cc1. The van der Waals surface area contributed by atoms with E-state index in [1.165, 1.54) is 44.6 Å². The minimum absolute atomic E-state index is 0.0420. The maximum absolute atomic E-state index is 12.8.